The molecule has 11 nitrogen and oxygen atoms in total. The number of amides is 1. The number of ether oxygens (including phenoxy) is 3. The maximum Gasteiger partial charge on any atom is 0.305 e. The Morgan fingerprint density at radius 1 is 0.394 bits per heavy atom. The molecular formula is C83H155NO10. The highest BCUT2D eigenvalue weighted by Crippen LogP contribution is 2.24. The summed E-state index contributed by atoms with van der Waals surface area (Å²) in [7, 11) is 0. The van der Waals surface area contributed by atoms with Crippen molar-refractivity contribution in [2.45, 2.75) is 448 Å². The minimum absolute atomic E-state index is 0.00304. The quantitative estimate of drug-likeness (QED) is 0.0195. The van der Waals surface area contributed by atoms with Crippen LogP contribution in [0.2, 0.25) is 0 Å². The van der Waals surface area contributed by atoms with Gasteiger partial charge in [0, 0.05) is 12.8 Å². The van der Waals surface area contributed by atoms with Gasteiger partial charge in [-0.2, -0.15) is 0 Å². The van der Waals surface area contributed by atoms with E-state index in [0.29, 0.717) is 19.4 Å². The van der Waals surface area contributed by atoms with Gasteiger partial charge in [-0.3, -0.25) is 9.59 Å². The van der Waals surface area contributed by atoms with Crippen LogP contribution in [0.3, 0.4) is 0 Å². The fourth-order valence-electron chi connectivity index (χ4n) is 13.0. The highest BCUT2D eigenvalue weighted by molar-refractivity contribution is 5.76. The molecule has 1 saturated heterocycles. The van der Waals surface area contributed by atoms with Crippen molar-refractivity contribution in [1.82, 2.24) is 5.32 Å². The zero-order valence-electron chi connectivity index (χ0n) is 61.7. The lowest BCUT2D eigenvalue weighted by Crippen LogP contribution is -2.60. The largest absolute Gasteiger partial charge is 0.466 e. The van der Waals surface area contributed by atoms with E-state index in [1.807, 2.05) is 6.08 Å². The molecule has 0 aromatic carbocycles. The van der Waals surface area contributed by atoms with E-state index in [2.05, 4.69) is 55.6 Å². The third-order valence-electron chi connectivity index (χ3n) is 19.4. The van der Waals surface area contributed by atoms with Gasteiger partial charge in [0.15, 0.2) is 6.29 Å². The summed E-state index contributed by atoms with van der Waals surface area (Å²) in [5, 5.41) is 54.5. The van der Waals surface area contributed by atoms with Crippen LogP contribution in [0.1, 0.15) is 406 Å². The van der Waals surface area contributed by atoms with Crippen molar-refractivity contribution in [2.75, 3.05) is 19.8 Å². The molecule has 0 radical (unpaired) electrons. The Hall–Kier alpha value is -2.38. The number of allylic oxidation sites excluding steroid dienone is 7. The number of rotatable bonds is 73. The van der Waals surface area contributed by atoms with Gasteiger partial charge >= 0.3 is 5.97 Å². The number of nitrogens with one attached hydrogen (secondary N) is 1. The zero-order chi connectivity index (χ0) is 67.9. The van der Waals surface area contributed by atoms with E-state index in [4.69, 9.17) is 14.2 Å². The molecule has 1 fully saturated rings. The van der Waals surface area contributed by atoms with Gasteiger partial charge in [0.25, 0.3) is 0 Å². The molecule has 0 aromatic rings. The van der Waals surface area contributed by atoms with E-state index in [-0.39, 0.29) is 18.5 Å². The molecule has 6 N–H and O–H groups in total. The zero-order valence-corrected chi connectivity index (χ0v) is 61.7. The first-order valence-electron chi connectivity index (χ1n) is 40.9. The molecule has 94 heavy (non-hydrogen) atoms. The number of hydrogen-bond donors (Lipinski definition) is 6. The summed E-state index contributed by atoms with van der Waals surface area (Å²) in [4.78, 5) is 25.2. The topological polar surface area (TPSA) is 175 Å². The summed E-state index contributed by atoms with van der Waals surface area (Å²) in [6, 6.07) is -0.807. The minimum atomic E-state index is -1.57. The number of carbonyl (C=O) groups excluding carboxylic acids is 2. The summed E-state index contributed by atoms with van der Waals surface area (Å²) in [6.07, 6.45) is 85.8. The Bertz CT molecular complexity index is 1700. The predicted molar refractivity (Wildman–Crippen MR) is 398 cm³/mol. The van der Waals surface area contributed by atoms with Crippen molar-refractivity contribution in [2.24, 2.45) is 0 Å². The van der Waals surface area contributed by atoms with Crippen LogP contribution in [0, 0.1) is 0 Å². The summed E-state index contributed by atoms with van der Waals surface area (Å²) in [5.41, 5.74) is 0. The van der Waals surface area contributed by atoms with Crippen LogP contribution >= 0.6 is 0 Å². The molecule has 552 valence electrons. The maximum atomic E-state index is 13.1. The van der Waals surface area contributed by atoms with Crippen LogP contribution in [0.5, 0.6) is 0 Å². The van der Waals surface area contributed by atoms with Gasteiger partial charge in [-0.15, -0.1) is 0 Å². The fraction of sp³-hybridized carbons (Fsp3) is 0.880. The normalized spacial score (nSPS) is 17.6. The molecule has 1 aliphatic rings. The van der Waals surface area contributed by atoms with Crippen LogP contribution < -0.4 is 5.32 Å². The molecule has 7 unspecified atom stereocenters. The van der Waals surface area contributed by atoms with Gasteiger partial charge in [-0.1, -0.05) is 351 Å². The number of aliphatic hydroxyl groups is 5. The van der Waals surface area contributed by atoms with Crippen molar-refractivity contribution < 1.29 is 49.3 Å². The molecule has 0 saturated carbocycles. The Kier molecular flexibility index (Phi) is 68.5. The third kappa shape index (κ3) is 59.7. The van der Waals surface area contributed by atoms with Gasteiger partial charge in [0.2, 0.25) is 5.91 Å². The minimum Gasteiger partial charge on any atom is -0.466 e. The first-order chi connectivity index (χ1) is 46.2. The summed E-state index contributed by atoms with van der Waals surface area (Å²) in [5.74, 6) is -0.173. The Labute approximate surface area is 580 Å². The van der Waals surface area contributed by atoms with Crippen molar-refractivity contribution in [3.8, 4) is 0 Å². The molecule has 0 aromatic heterocycles. The Morgan fingerprint density at radius 2 is 0.713 bits per heavy atom. The van der Waals surface area contributed by atoms with Crippen LogP contribution in [0.25, 0.3) is 0 Å². The first kappa shape index (κ1) is 89.6. The molecule has 11 heteroatoms. The standard InChI is InChI=1S/C83H155NO10/c1-3-5-7-9-11-13-15-17-43-47-51-55-59-63-67-71-79(88)92-72-68-64-60-56-52-48-45-42-40-38-36-34-32-30-28-26-24-22-20-18-19-21-23-25-27-29-31-33-35-37-39-41-44-46-50-54-58-62-66-70-78(87)84-75(74-93-83-82(91)81(90)80(89)77(73-85)94-83)76(86)69-65-61-57-53-49-16-14-12-10-8-6-4-2/h11,13,17-19,43,65,69,75-77,80-83,85-86,89-91H,3-10,12,14-16,20-42,44-64,66-68,70-74H2,1-2H3,(H,84,87)/b13-11-,19-18-,43-17-,69-65+. The number of carbonyl (C=O) groups is 2. The van der Waals surface area contributed by atoms with E-state index in [9.17, 15) is 35.1 Å². The molecule has 7 atom stereocenters. The second-order valence-electron chi connectivity index (χ2n) is 28.5. The molecule has 1 aliphatic heterocycles. The van der Waals surface area contributed by atoms with Crippen LogP contribution in [0.15, 0.2) is 48.6 Å². The third-order valence-corrected chi connectivity index (χ3v) is 19.4. The smallest absolute Gasteiger partial charge is 0.305 e. The number of aliphatic hydroxyl groups excluding tert-OH is 5. The molecule has 0 aliphatic carbocycles. The van der Waals surface area contributed by atoms with Crippen LogP contribution in [0.4, 0.5) is 0 Å². The van der Waals surface area contributed by atoms with Gasteiger partial charge < -0.3 is 45.1 Å². The Balaban J connectivity index is 1.87. The summed E-state index contributed by atoms with van der Waals surface area (Å²) < 4.78 is 16.8. The molecule has 0 bridgehead atoms. The van der Waals surface area contributed by atoms with E-state index in [1.54, 1.807) is 6.08 Å². The lowest BCUT2D eigenvalue weighted by atomic mass is 9.99. The highest BCUT2D eigenvalue weighted by atomic mass is 16.7. The molecule has 1 amide bonds. The number of unbranched alkanes of at least 4 members (excludes halogenated alkanes) is 53. The highest BCUT2D eigenvalue weighted by Gasteiger charge is 2.44. The first-order valence-corrected chi connectivity index (χ1v) is 40.9. The van der Waals surface area contributed by atoms with Crippen molar-refractivity contribution in [3.63, 3.8) is 0 Å². The van der Waals surface area contributed by atoms with E-state index in [0.717, 1.165) is 64.2 Å². The van der Waals surface area contributed by atoms with Crippen LogP contribution in [-0.4, -0.2) is 100 Å². The number of hydrogen-bond acceptors (Lipinski definition) is 10. The molecule has 0 spiro atoms. The average Bonchev–Trinajstić information content (AvgIpc) is 0.856. The fourth-order valence-corrected chi connectivity index (χ4v) is 13.0. The number of esters is 1. The average molecular weight is 1330 g/mol. The van der Waals surface area contributed by atoms with E-state index < -0.39 is 49.5 Å². The van der Waals surface area contributed by atoms with Gasteiger partial charge in [-0.05, 0) is 89.9 Å². The summed E-state index contributed by atoms with van der Waals surface area (Å²) >= 11 is 0. The van der Waals surface area contributed by atoms with Gasteiger partial charge in [0.05, 0.1) is 32.0 Å². The van der Waals surface area contributed by atoms with Crippen molar-refractivity contribution in [1.29, 1.82) is 0 Å². The molecular weight excluding hydrogens is 1170 g/mol. The molecule has 1 heterocycles. The van der Waals surface area contributed by atoms with Crippen molar-refractivity contribution >= 4 is 11.9 Å². The second kappa shape index (κ2) is 71.9. The SMILES string of the molecule is CCCCC/C=C\C/C=C\CCCCCCCC(=O)OCCCCCCCCCCCCCCCCCCCC/C=C\CCCCCCCCCCCCCCCCCCCC(=O)NC(COC1OC(CO)C(O)C(O)C1O)C(O)/C=C/CCCCCCCCCCCC. The van der Waals surface area contributed by atoms with Gasteiger partial charge in [0.1, 0.15) is 24.4 Å². The Morgan fingerprint density at radius 3 is 1.11 bits per heavy atom. The molecule has 1 rings (SSSR count). The van der Waals surface area contributed by atoms with Gasteiger partial charge in [-0.25, -0.2) is 0 Å². The van der Waals surface area contributed by atoms with E-state index in [1.165, 1.54) is 315 Å². The summed E-state index contributed by atoms with van der Waals surface area (Å²) in [6.45, 7) is 4.35. The second-order valence-corrected chi connectivity index (χ2v) is 28.5. The predicted octanol–water partition coefficient (Wildman–Crippen LogP) is 22.3. The maximum absolute atomic E-state index is 13.1. The van der Waals surface area contributed by atoms with Crippen molar-refractivity contribution in [3.05, 3.63) is 48.6 Å². The van der Waals surface area contributed by atoms with E-state index >= 15 is 0 Å². The van der Waals surface area contributed by atoms with Crippen LogP contribution in [-0.2, 0) is 23.8 Å². The lowest BCUT2D eigenvalue weighted by molar-refractivity contribution is -0.302. The lowest BCUT2D eigenvalue weighted by Gasteiger charge is -2.40. The monoisotopic (exact) mass is 1330 g/mol.